The van der Waals surface area contributed by atoms with Gasteiger partial charge in [0.15, 0.2) is 0 Å². The molecular formula is C11H21NO3. The van der Waals surface area contributed by atoms with Crippen molar-refractivity contribution in [1.82, 2.24) is 5.32 Å². The molecule has 4 heteroatoms. The van der Waals surface area contributed by atoms with E-state index in [4.69, 9.17) is 9.47 Å². The second-order valence-electron chi connectivity index (χ2n) is 4.14. The highest BCUT2D eigenvalue weighted by Crippen LogP contribution is 2.29. The van der Waals surface area contributed by atoms with Gasteiger partial charge in [-0.3, -0.25) is 4.79 Å². The molecule has 1 saturated heterocycles. The summed E-state index contributed by atoms with van der Waals surface area (Å²) in [7, 11) is 3.34. The zero-order valence-electron chi connectivity index (χ0n) is 9.84. The molecule has 0 aliphatic carbocycles. The van der Waals surface area contributed by atoms with Crippen LogP contribution in [-0.2, 0) is 14.3 Å². The zero-order valence-corrected chi connectivity index (χ0v) is 9.84. The average Bonchev–Trinajstić information content (AvgIpc) is 2.29. The molecule has 1 N–H and O–H groups in total. The number of carbonyl (C=O) groups is 1. The molecule has 15 heavy (non-hydrogen) atoms. The van der Waals surface area contributed by atoms with Crippen molar-refractivity contribution in [3.63, 3.8) is 0 Å². The van der Waals surface area contributed by atoms with Gasteiger partial charge in [-0.15, -0.1) is 0 Å². The number of carbonyl (C=O) groups excluding carboxylic acids is 1. The van der Waals surface area contributed by atoms with Crippen molar-refractivity contribution in [3.8, 4) is 0 Å². The molecule has 0 amide bonds. The van der Waals surface area contributed by atoms with Gasteiger partial charge in [-0.05, 0) is 26.3 Å². The molecule has 0 aromatic heterocycles. The Kier molecular flexibility index (Phi) is 4.54. The molecule has 1 aliphatic heterocycles. The van der Waals surface area contributed by atoms with Crippen LogP contribution in [0.1, 0.15) is 32.6 Å². The van der Waals surface area contributed by atoms with Gasteiger partial charge in [-0.2, -0.15) is 0 Å². The molecule has 0 saturated carbocycles. The molecule has 1 fully saturated rings. The average molecular weight is 215 g/mol. The van der Waals surface area contributed by atoms with Crippen molar-refractivity contribution in [2.45, 2.75) is 44.2 Å². The number of hydrogen-bond acceptors (Lipinski definition) is 4. The number of hydrogen-bond donors (Lipinski definition) is 1. The van der Waals surface area contributed by atoms with E-state index in [1.54, 1.807) is 0 Å². The fourth-order valence-electron chi connectivity index (χ4n) is 2.10. The van der Waals surface area contributed by atoms with Gasteiger partial charge in [0.05, 0.1) is 19.6 Å². The van der Waals surface area contributed by atoms with Gasteiger partial charge in [0.1, 0.15) is 0 Å². The van der Waals surface area contributed by atoms with Crippen LogP contribution in [0, 0.1) is 0 Å². The van der Waals surface area contributed by atoms with E-state index in [0.29, 0.717) is 6.42 Å². The molecule has 1 heterocycles. The highest BCUT2D eigenvalue weighted by atomic mass is 16.5. The number of nitrogens with one attached hydrogen (secondary N) is 1. The molecule has 88 valence electrons. The summed E-state index contributed by atoms with van der Waals surface area (Å²) in [5, 5.41) is 3.27. The SMILES string of the molecule is CCC1CC(CC(=O)OC)(NC)CCO1. The predicted molar refractivity (Wildman–Crippen MR) is 57.7 cm³/mol. The summed E-state index contributed by atoms with van der Waals surface area (Å²) in [5.74, 6) is -0.152. The van der Waals surface area contributed by atoms with Crippen LogP contribution in [0.15, 0.2) is 0 Å². The van der Waals surface area contributed by atoms with E-state index in [1.165, 1.54) is 7.11 Å². The maximum Gasteiger partial charge on any atom is 0.307 e. The van der Waals surface area contributed by atoms with Crippen LogP contribution >= 0.6 is 0 Å². The smallest absolute Gasteiger partial charge is 0.307 e. The van der Waals surface area contributed by atoms with Gasteiger partial charge in [-0.25, -0.2) is 0 Å². The van der Waals surface area contributed by atoms with Crippen molar-refractivity contribution >= 4 is 5.97 Å². The summed E-state index contributed by atoms with van der Waals surface area (Å²) < 4.78 is 10.3. The Balaban J connectivity index is 2.61. The van der Waals surface area contributed by atoms with Gasteiger partial charge < -0.3 is 14.8 Å². The maximum atomic E-state index is 11.3. The third-order valence-electron chi connectivity index (χ3n) is 3.25. The molecule has 2 unspecified atom stereocenters. The summed E-state index contributed by atoms with van der Waals surface area (Å²) in [4.78, 5) is 11.3. The first-order chi connectivity index (χ1) is 7.15. The number of esters is 1. The van der Waals surface area contributed by atoms with Crippen LogP contribution in [0.2, 0.25) is 0 Å². The normalized spacial score (nSPS) is 31.3. The fourth-order valence-corrected chi connectivity index (χ4v) is 2.10. The number of methoxy groups -OCH3 is 1. The third-order valence-corrected chi connectivity index (χ3v) is 3.25. The quantitative estimate of drug-likeness (QED) is 0.713. The standard InChI is InChI=1S/C11H21NO3/c1-4-9-7-11(12-2,5-6-15-9)8-10(13)14-3/h9,12H,4-8H2,1-3H3. The summed E-state index contributed by atoms with van der Waals surface area (Å²) in [6.07, 6.45) is 3.44. The van der Waals surface area contributed by atoms with Crippen LogP contribution < -0.4 is 5.32 Å². The second kappa shape index (κ2) is 5.47. The topological polar surface area (TPSA) is 47.6 Å². The lowest BCUT2D eigenvalue weighted by Gasteiger charge is -2.40. The van der Waals surface area contributed by atoms with Crippen LogP contribution in [0.5, 0.6) is 0 Å². The molecule has 0 spiro atoms. The summed E-state index contributed by atoms with van der Waals surface area (Å²) >= 11 is 0. The van der Waals surface area contributed by atoms with E-state index in [2.05, 4.69) is 12.2 Å². The van der Waals surface area contributed by atoms with Crippen LogP contribution in [-0.4, -0.2) is 38.4 Å². The monoisotopic (exact) mass is 215 g/mol. The van der Waals surface area contributed by atoms with E-state index in [1.807, 2.05) is 7.05 Å². The van der Waals surface area contributed by atoms with Crippen LogP contribution in [0.3, 0.4) is 0 Å². The Morgan fingerprint density at radius 2 is 2.40 bits per heavy atom. The van der Waals surface area contributed by atoms with Crippen molar-refractivity contribution in [2.75, 3.05) is 20.8 Å². The van der Waals surface area contributed by atoms with Crippen LogP contribution in [0.4, 0.5) is 0 Å². The molecule has 1 aliphatic rings. The van der Waals surface area contributed by atoms with Crippen molar-refractivity contribution < 1.29 is 14.3 Å². The number of ether oxygens (including phenoxy) is 2. The van der Waals surface area contributed by atoms with E-state index < -0.39 is 0 Å². The molecule has 0 aromatic carbocycles. The van der Waals surface area contributed by atoms with E-state index in [-0.39, 0.29) is 17.6 Å². The lowest BCUT2D eigenvalue weighted by atomic mass is 9.83. The Morgan fingerprint density at radius 3 is 2.93 bits per heavy atom. The van der Waals surface area contributed by atoms with Crippen molar-refractivity contribution in [3.05, 3.63) is 0 Å². The minimum atomic E-state index is -0.152. The molecule has 0 radical (unpaired) electrons. The van der Waals surface area contributed by atoms with Crippen molar-refractivity contribution in [1.29, 1.82) is 0 Å². The minimum Gasteiger partial charge on any atom is -0.469 e. The largest absolute Gasteiger partial charge is 0.469 e. The fraction of sp³-hybridized carbons (Fsp3) is 0.909. The minimum absolute atomic E-state index is 0.133. The molecule has 2 atom stereocenters. The molecule has 0 bridgehead atoms. The summed E-state index contributed by atoms with van der Waals surface area (Å²) in [6, 6.07) is 0. The Bertz CT molecular complexity index is 220. The van der Waals surface area contributed by atoms with Gasteiger partial charge in [-0.1, -0.05) is 6.92 Å². The second-order valence-corrected chi connectivity index (χ2v) is 4.14. The highest BCUT2D eigenvalue weighted by molar-refractivity contribution is 5.70. The van der Waals surface area contributed by atoms with E-state index in [9.17, 15) is 4.79 Å². The molecular weight excluding hydrogens is 194 g/mol. The van der Waals surface area contributed by atoms with Gasteiger partial charge >= 0.3 is 5.97 Å². The Hall–Kier alpha value is -0.610. The highest BCUT2D eigenvalue weighted by Gasteiger charge is 2.37. The van der Waals surface area contributed by atoms with Crippen LogP contribution in [0.25, 0.3) is 0 Å². The Morgan fingerprint density at radius 1 is 1.67 bits per heavy atom. The molecule has 4 nitrogen and oxygen atoms in total. The predicted octanol–water partition coefficient (Wildman–Crippen LogP) is 1.10. The number of rotatable bonds is 4. The maximum absolute atomic E-state index is 11.3. The van der Waals surface area contributed by atoms with E-state index >= 15 is 0 Å². The van der Waals surface area contributed by atoms with Gasteiger partial charge in [0.25, 0.3) is 0 Å². The lowest BCUT2D eigenvalue weighted by Crippen LogP contribution is -2.51. The first-order valence-corrected chi connectivity index (χ1v) is 5.53. The first-order valence-electron chi connectivity index (χ1n) is 5.53. The third kappa shape index (κ3) is 3.18. The van der Waals surface area contributed by atoms with Crippen molar-refractivity contribution in [2.24, 2.45) is 0 Å². The van der Waals surface area contributed by atoms with Gasteiger partial charge in [0.2, 0.25) is 0 Å². The zero-order chi connectivity index (χ0) is 11.3. The summed E-state index contributed by atoms with van der Waals surface area (Å²) in [5.41, 5.74) is -0.133. The summed E-state index contributed by atoms with van der Waals surface area (Å²) in [6.45, 7) is 2.82. The van der Waals surface area contributed by atoms with Gasteiger partial charge in [0, 0.05) is 12.1 Å². The van der Waals surface area contributed by atoms with E-state index in [0.717, 1.165) is 25.9 Å². The lowest BCUT2D eigenvalue weighted by molar-refractivity contribution is -0.144. The Labute approximate surface area is 91.3 Å². The first kappa shape index (κ1) is 12.5. The molecule has 1 rings (SSSR count). The molecule has 0 aromatic rings.